The Morgan fingerprint density at radius 3 is 1.82 bits per heavy atom. The molecular weight excluding hydrogens is 592 g/mol. The van der Waals surface area contributed by atoms with E-state index < -0.39 is 27.8 Å². The van der Waals surface area contributed by atoms with Gasteiger partial charge in [0, 0.05) is 51.4 Å². The maximum absolute atomic E-state index is 13.6. The zero-order valence-electron chi connectivity index (χ0n) is 23.4. The van der Waals surface area contributed by atoms with Crippen LogP contribution in [0.4, 0.5) is 17.1 Å². The third-order valence-electron chi connectivity index (χ3n) is 7.07. The second kappa shape index (κ2) is 12.0. The van der Waals surface area contributed by atoms with Crippen molar-refractivity contribution in [1.82, 2.24) is 4.98 Å². The molecule has 1 aromatic heterocycles. The molecule has 0 radical (unpaired) electrons. The second-order valence-electron chi connectivity index (χ2n) is 10.1. The number of benzene rings is 5. The maximum Gasteiger partial charge on any atom is 0.294 e. The van der Waals surface area contributed by atoms with Gasteiger partial charge in [-0.3, -0.25) is 23.9 Å². The molecule has 4 N–H and O–H groups in total. The maximum atomic E-state index is 13.6. The molecule has 10 nitrogen and oxygen atoms in total. The van der Waals surface area contributed by atoms with Crippen molar-refractivity contribution in [2.24, 2.45) is 0 Å². The Morgan fingerprint density at radius 2 is 1.18 bits per heavy atom. The second-order valence-corrected chi connectivity index (χ2v) is 11.5. The largest absolute Gasteiger partial charge is 0.322 e. The average Bonchev–Trinajstić information content (AvgIpc) is 3.04. The van der Waals surface area contributed by atoms with E-state index in [1.54, 1.807) is 36.4 Å². The lowest BCUT2D eigenvalue weighted by Crippen LogP contribution is -2.18. The molecule has 1 heterocycles. The zero-order chi connectivity index (χ0) is 31.6. The number of nitrogens with one attached hydrogen (secondary N) is 3. The summed E-state index contributed by atoms with van der Waals surface area (Å²) in [6, 6.07) is 29.5. The van der Waals surface area contributed by atoms with Crippen LogP contribution in [-0.4, -0.2) is 35.7 Å². The van der Waals surface area contributed by atoms with E-state index in [0.717, 1.165) is 10.8 Å². The summed E-state index contributed by atoms with van der Waals surface area (Å²) >= 11 is 0. The first-order chi connectivity index (χ1) is 21.7. The molecule has 0 aliphatic rings. The summed E-state index contributed by atoms with van der Waals surface area (Å²) in [4.78, 5) is 43.8. The van der Waals surface area contributed by atoms with Gasteiger partial charge in [-0.2, -0.15) is 8.42 Å². The molecule has 11 heteroatoms. The standard InChI is InChI=1S/C34H24N4O6S/c39-32(23-9-5-15-35-20-23)36-26-17-24(33(40)37-30-11-3-7-21-6-1-2-10-28(21)30)16-25(18-26)34(41)38-31-12-4-8-22-19-27(45(42,43)44)13-14-29(22)31/h1-20H,(H,36,39)(H,37,40)(H,38,41)(H,42,43,44). The summed E-state index contributed by atoms with van der Waals surface area (Å²) in [7, 11) is -4.42. The summed E-state index contributed by atoms with van der Waals surface area (Å²) in [6.07, 6.45) is 2.93. The number of pyridine rings is 1. The lowest BCUT2D eigenvalue weighted by Gasteiger charge is -2.14. The predicted octanol–water partition coefficient (Wildman–Crippen LogP) is 6.39. The third kappa shape index (κ3) is 6.39. The number of hydrogen-bond donors (Lipinski definition) is 4. The van der Waals surface area contributed by atoms with Crippen molar-refractivity contribution in [3.8, 4) is 0 Å². The lowest BCUT2D eigenvalue weighted by atomic mass is 10.1. The average molecular weight is 617 g/mol. The normalized spacial score (nSPS) is 11.2. The van der Waals surface area contributed by atoms with E-state index >= 15 is 0 Å². The van der Waals surface area contributed by atoms with Crippen molar-refractivity contribution >= 4 is 66.4 Å². The lowest BCUT2D eigenvalue weighted by molar-refractivity contribution is 0.101. The van der Waals surface area contributed by atoms with Crippen molar-refractivity contribution in [2.45, 2.75) is 4.90 Å². The first-order valence-corrected chi connectivity index (χ1v) is 15.1. The fraction of sp³-hybridized carbons (Fsp3) is 0. The van der Waals surface area contributed by atoms with E-state index in [4.69, 9.17) is 0 Å². The quantitative estimate of drug-likeness (QED) is 0.152. The molecule has 45 heavy (non-hydrogen) atoms. The van der Waals surface area contributed by atoms with Crippen molar-refractivity contribution in [2.75, 3.05) is 16.0 Å². The van der Waals surface area contributed by atoms with Crippen molar-refractivity contribution in [3.63, 3.8) is 0 Å². The number of amides is 3. The van der Waals surface area contributed by atoms with E-state index in [1.807, 2.05) is 36.4 Å². The number of aromatic nitrogens is 1. The molecule has 5 aromatic carbocycles. The Morgan fingerprint density at radius 1 is 0.578 bits per heavy atom. The molecule has 3 amide bonds. The molecule has 0 bridgehead atoms. The van der Waals surface area contributed by atoms with E-state index in [1.165, 1.54) is 48.8 Å². The van der Waals surface area contributed by atoms with Crippen LogP contribution in [0, 0.1) is 0 Å². The number of rotatable bonds is 7. The van der Waals surface area contributed by atoms with E-state index in [2.05, 4.69) is 20.9 Å². The highest BCUT2D eigenvalue weighted by atomic mass is 32.2. The van der Waals surface area contributed by atoms with Crippen LogP contribution >= 0.6 is 0 Å². The minimum absolute atomic E-state index is 0.0774. The molecule has 0 aliphatic carbocycles. The van der Waals surface area contributed by atoms with Crippen LogP contribution in [0.5, 0.6) is 0 Å². The zero-order valence-corrected chi connectivity index (χ0v) is 24.2. The van der Waals surface area contributed by atoms with Gasteiger partial charge in [0.25, 0.3) is 27.8 Å². The molecule has 0 atom stereocenters. The highest BCUT2D eigenvalue weighted by Gasteiger charge is 2.18. The summed E-state index contributed by atoms with van der Waals surface area (Å²) < 4.78 is 32.6. The van der Waals surface area contributed by atoms with Gasteiger partial charge in [-0.15, -0.1) is 0 Å². The monoisotopic (exact) mass is 616 g/mol. The van der Waals surface area contributed by atoms with Crippen LogP contribution in [-0.2, 0) is 10.1 Å². The molecule has 222 valence electrons. The number of fused-ring (bicyclic) bond motifs is 2. The first-order valence-electron chi connectivity index (χ1n) is 13.6. The molecule has 0 aliphatic heterocycles. The van der Waals surface area contributed by atoms with Crippen LogP contribution in [0.15, 0.2) is 126 Å². The van der Waals surface area contributed by atoms with Crippen LogP contribution in [0.3, 0.4) is 0 Å². The van der Waals surface area contributed by atoms with Gasteiger partial charge in [0.05, 0.1) is 10.5 Å². The number of carbonyl (C=O) groups is 3. The molecule has 0 fully saturated rings. The van der Waals surface area contributed by atoms with Gasteiger partial charge in [0.2, 0.25) is 0 Å². The van der Waals surface area contributed by atoms with Crippen molar-refractivity contribution in [3.05, 3.63) is 138 Å². The van der Waals surface area contributed by atoms with E-state index in [-0.39, 0.29) is 27.3 Å². The molecule has 6 aromatic rings. The summed E-state index contributed by atoms with van der Waals surface area (Å²) in [5, 5.41) is 11.2. The van der Waals surface area contributed by atoms with Gasteiger partial charge >= 0.3 is 0 Å². The highest BCUT2D eigenvalue weighted by Crippen LogP contribution is 2.28. The van der Waals surface area contributed by atoms with Gasteiger partial charge < -0.3 is 16.0 Å². The summed E-state index contributed by atoms with van der Waals surface area (Å²) in [5.41, 5.74) is 1.63. The number of carbonyl (C=O) groups excluding carboxylic acids is 3. The molecular formula is C34H24N4O6S. The fourth-order valence-corrected chi connectivity index (χ4v) is 5.43. The molecule has 0 unspecified atom stereocenters. The van der Waals surface area contributed by atoms with Gasteiger partial charge in [0.1, 0.15) is 0 Å². The minimum Gasteiger partial charge on any atom is -0.322 e. The van der Waals surface area contributed by atoms with Gasteiger partial charge in [0.15, 0.2) is 0 Å². The van der Waals surface area contributed by atoms with Gasteiger partial charge in [-0.05, 0) is 65.4 Å². The van der Waals surface area contributed by atoms with Gasteiger partial charge in [-0.25, -0.2) is 0 Å². The summed E-state index contributed by atoms with van der Waals surface area (Å²) in [5.74, 6) is -1.57. The van der Waals surface area contributed by atoms with E-state index in [9.17, 15) is 27.4 Å². The van der Waals surface area contributed by atoms with Crippen LogP contribution in [0.25, 0.3) is 21.5 Å². The molecule has 0 saturated carbocycles. The topological polar surface area (TPSA) is 155 Å². The summed E-state index contributed by atoms with van der Waals surface area (Å²) in [6.45, 7) is 0. The smallest absolute Gasteiger partial charge is 0.294 e. The van der Waals surface area contributed by atoms with Crippen molar-refractivity contribution < 1.29 is 27.4 Å². The van der Waals surface area contributed by atoms with Crippen molar-refractivity contribution in [1.29, 1.82) is 0 Å². The Kier molecular flexibility index (Phi) is 7.78. The number of nitrogens with zero attached hydrogens (tertiary/aromatic N) is 1. The number of hydrogen-bond acceptors (Lipinski definition) is 6. The Bertz CT molecular complexity index is 2230. The molecule has 0 saturated heterocycles. The van der Waals surface area contributed by atoms with Crippen LogP contribution in [0.1, 0.15) is 31.1 Å². The Labute approximate surface area is 257 Å². The fourth-order valence-electron chi connectivity index (χ4n) is 4.92. The minimum atomic E-state index is -4.42. The van der Waals surface area contributed by atoms with Crippen LogP contribution < -0.4 is 16.0 Å². The SMILES string of the molecule is O=C(Nc1cc(C(=O)Nc2cccc3ccccc23)cc(C(=O)Nc2cccc3cc(S(=O)(=O)O)ccc23)c1)c1cccnc1. The molecule has 0 spiro atoms. The number of anilines is 3. The first kappa shape index (κ1) is 29.2. The molecule has 6 rings (SSSR count). The van der Waals surface area contributed by atoms with E-state index in [0.29, 0.717) is 22.1 Å². The predicted molar refractivity (Wildman–Crippen MR) is 172 cm³/mol. The Hall–Kier alpha value is -5.91. The Balaban J connectivity index is 1.35. The van der Waals surface area contributed by atoms with Gasteiger partial charge in [-0.1, -0.05) is 54.6 Å². The van der Waals surface area contributed by atoms with Crippen LogP contribution in [0.2, 0.25) is 0 Å². The highest BCUT2D eigenvalue weighted by molar-refractivity contribution is 7.85. The third-order valence-corrected chi connectivity index (χ3v) is 7.92.